The number of hydrogen-bond acceptors (Lipinski definition) is 3. The first-order valence-electron chi connectivity index (χ1n) is 10.4. The lowest BCUT2D eigenvalue weighted by atomic mass is 9.89. The van der Waals surface area contributed by atoms with E-state index in [0.29, 0.717) is 0 Å². The summed E-state index contributed by atoms with van der Waals surface area (Å²) in [5.74, 6) is 2.76. The standard InChI is InChI=1S/C22H35BrN2O/c1-24-12-7-18(8-13-24)4-3-11-25-14-9-19(10-15-25)16-20-17-21(26-2)5-6-22(20)23/h5-6,17-19H,3-4,7-16H2,1-2H3. The van der Waals surface area contributed by atoms with E-state index in [-0.39, 0.29) is 0 Å². The fourth-order valence-corrected chi connectivity index (χ4v) is 4.92. The van der Waals surface area contributed by atoms with Gasteiger partial charge in [-0.15, -0.1) is 0 Å². The van der Waals surface area contributed by atoms with Gasteiger partial charge >= 0.3 is 0 Å². The van der Waals surface area contributed by atoms with Gasteiger partial charge in [0.25, 0.3) is 0 Å². The first-order chi connectivity index (χ1) is 12.6. The molecule has 4 heteroatoms. The maximum Gasteiger partial charge on any atom is 0.119 e. The van der Waals surface area contributed by atoms with Gasteiger partial charge in [-0.3, -0.25) is 0 Å². The quantitative estimate of drug-likeness (QED) is 0.625. The van der Waals surface area contributed by atoms with E-state index in [1.54, 1.807) is 7.11 Å². The smallest absolute Gasteiger partial charge is 0.119 e. The monoisotopic (exact) mass is 422 g/mol. The third kappa shape index (κ3) is 5.97. The number of halogens is 1. The van der Waals surface area contributed by atoms with Crippen LogP contribution in [0.1, 0.15) is 44.1 Å². The highest BCUT2D eigenvalue weighted by Crippen LogP contribution is 2.29. The van der Waals surface area contributed by atoms with Crippen molar-refractivity contribution >= 4 is 15.9 Å². The highest BCUT2D eigenvalue weighted by Gasteiger charge is 2.21. The molecule has 2 fully saturated rings. The molecule has 26 heavy (non-hydrogen) atoms. The van der Waals surface area contributed by atoms with E-state index < -0.39 is 0 Å². The van der Waals surface area contributed by atoms with Crippen LogP contribution < -0.4 is 4.74 Å². The van der Waals surface area contributed by atoms with Crippen molar-refractivity contribution in [1.29, 1.82) is 0 Å². The molecule has 0 N–H and O–H groups in total. The van der Waals surface area contributed by atoms with E-state index in [9.17, 15) is 0 Å². The summed E-state index contributed by atoms with van der Waals surface area (Å²) in [6.07, 6.45) is 9.48. The van der Waals surface area contributed by atoms with Gasteiger partial charge in [0, 0.05) is 4.47 Å². The van der Waals surface area contributed by atoms with Crippen molar-refractivity contribution in [3.05, 3.63) is 28.2 Å². The van der Waals surface area contributed by atoms with Crippen molar-refractivity contribution in [2.45, 2.75) is 44.9 Å². The molecule has 0 amide bonds. The summed E-state index contributed by atoms with van der Waals surface area (Å²) in [4.78, 5) is 5.17. The summed E-state index contributed by atoms with van der Waals surface area (Å²) < 4.78 is 6.61. The van der Waals surface area contributed by atoms with Gasteiger partial charge in [0.1, 0.15) is 5.75 Å². The Hall–Kier alpha value is -0.580. The fraction of sp³-hybridized carbons (Fsp3) is 0.727. The van der Waals surface area contributed by atoms with Crippen LogP contribution in [0.3, 0.4) is 0 Å². The highest BCUT2D eigenvalue weighted by atomic mass is 79.9. The normalized spacial score (nSPS) is 21.2. The number of hydrogen-bond donors (Lipinski definition) is 0. The Morgan fingerprint density at radius 2 is 1.73 bits per heavy atom. The first-order valence-corrected chi connectivity index (χ1v) is 11.2. The van der Waals surface area contributed by atoms with E-state index in [1.807, 2.05) is 6.07 Å². The summed E-state index contributed by atoms with van der Waals surface area (Å²) in [7, 11) is 4.00. The molecule has 2 saturated heterocycles. The van der Waals surface area contributed by atoms with Crippen LogP contribution >= 0.6 is 15.9 Å². The molecule has 1 aromatic rings. The highest BCUT2D eigenvalue weighted by molar-refractivity contribution is 9.10. The van der Waals surface area contributed by atoms with Crippen LogP contribution in [0.4, 0.5) is 0 Å². The minimum absolute atomic E-state index is 0.809. The Bertz CT molecular complexity index is 549. The van der Waals surface area contributed by atoms with E-state index in [4.69, 9.17) is 4.74 Å². The van der Waals surface area contributed by atoms with Crippen molar-refractivity contribution in [2.24, 2.45) is 11.8 Å². The molecule has 1 aromatic carbocycles. The van der Waals surface area contributed by atoms with E-state index in [1.165, 1.54) is 87.7 Å². The Morgan fingerprint density at radius 1 is 1.04 bits per heavy atom. The average Bonchev–Trinajstić information content (AvgIpc) is 2.66. The third-order valence-electron chi connectivity index (χ3n) is 6.39. The van der Waals surface area contributed by atoms with Gasteiger partial charge in [-0.25, -0.2) is 0 Å². The summed E-state index contributed by atoms with van der Waals surface area (Å²) in [5, 5.41) is 0. The maximum atomic E-state index is 5.38. The Kier molecular flexibility index (Phi) is 7.83. The number of rotatable bonds is 7. The van der Waals surface area contributed by atoms with Crippen LogP contribution in [0, 0.1) is 11.8 Å². The van der Waals surface area contributed by atoms with Crippen LogP contribution in [0.15, 0.2) is 22.7 Å². The predicted octanol–water partition coefficient (Wildman–Crippen LogP) is 4.83. The van der Waals surface area contributed by atoms with Gasteiger partial charge in [-0.05, 0) is 120 Å². The second kappa shape index (κ2) is 10.1. The molecule has 0 atom stereocenters. The number of methoxy groups -OCH3 is 1. The summed E-state index contributed by atoms with van der Waals surface area (Å²) >= 11 is 3.70. The van der Waals surface area contributed by atoms with Crippen molar-refractivity contribution < 1.29 is 4.74 Å². The zero-order valence-corrected chi connectivity index (χ0v) is 18.1. The lowest BCUT2D eigenvalue weighted by Gasteiger charge is -2.33. The third-order valence-corrected chi connectivity index (χ3v) is 7.17. The Morgan fingerprint density at radius 3 is 2.42 bits per heavy atom. The van der Waals surface area contributed by atoms with Crippen LogP contribution in [-0.2, 0) is 6.42 Å². The van der Waals surface area contributed by atoms with Crippen LogP contribution in [-0.4, -0.2) is 56.7 Å². The SMILES string of the molecule is COc1ccc(Br)c(CC2CCN(CCCC3CCN(C)CC3)CC2)c1. The molecule has 0 saturated carbocycles. The van der Waals surface area contributed by atoms with Gasteiger partial charge in [0.2, 0.25) is 0 Å². The van der Waals surface area contributed by atoms with Crippen molar-refractivity contribution in [1.82, 2.24) is 9.80 Å². The van der Waals surface area contributed by atoms with E-state index in [0.717, 1.165) is 17.6 Å². The van der Waals surface area contributed by atoms with Gasteiger partial charge < -0.3 is 14.5 Å². The molecular formula is C22H35BrN2O. The molecule has 146 valence electrons. The van der Waals surface area contributed by atoms with E-state index in [2.05, 4.69) is 44.9 Å². The molecule has 0 spiro atoms. The predicted molar refractivity (Wildman–Crippen MR) is 113 cm³/mol. The average molecular weight is 423 g/mol. The molecule has 0 bridgehead atoms. The first kappa shape index (κ1) is 20.2. The summed E-state index contributed by atoms with van der Waals surface area (Å²) in [6.45, 7) is 6.47. The number of likely N-dealkylation sites (tertiary alicyclic amines) is 2. The fourth-order valence-electron chi connectivity index (χ4n) is 4.51. The zero-order valence-electron chi connectivity index (χ0n) is 16.6. The topological polar surface area (TPSA) is 15.7 Å². The second-order valence-electron chi connectivity index (χ2n) is 8.34. The lowest BCUT2D eigenvalue weighted by Crippen LogP contribution is -2.35. The molecule has 2 aliphatic heterocycles. The molecule has 0 unspecified atom stereocenters. The number of benzene rings is 1. The second-order valence-corrected chi connectivity index (χ2v) is 9.19. The summed E-state index contributed by atoms with van der Waals surface area (Å²) in [6, 6.07) is 6.34. The van der Waals surface area contributed by atoms with E-state index >= 15 is 0 Å². The van der Waals surface area contributed by atoms with Crippen molar-refractivity contribution in [3.8, 4) is 5.75 Å². The number of piperidine rings is 2. The molecule has 3 rings (SSSR count). The van der Waals surface area contributed by atoms with Crippen LogP contribution in [0.25, 0.3) is 0 Å². The number of nitrogens with zero attached hydrogens (tertiary/aromatic N) is 2. The van der Waals surface area contributed by atoms with Crippen LogP contribution in [0.5, 0.6) is 5.75 Å². The van der Waals surface area contributed by atoms with Gasteiger partial charge in [0.05, 0.1) is 7.11 Å². The Balaban J connectivity index is 1.35. The van der Waals surface area contributed by atoms with Crippen LogP contribution in [0.2, 0.25) is 0 Å². The minimum atomic E-state index is 0.809. The molecular weight excluding hydrogens is 388 g/mol. The lowest BCUT2D eigenvalue weighted by molar-refractivity contribution is 0.168. The molecule has 2 heterocycles. The molecule has 2 aliphatic rings. The summed E-state index contributed by atoms with van der Waals surface area (Å²) in [5.41, 5.74) is 1.39. The van der Waals surface area contributed by atoms with Gasteiger partial charge in [-0.1, -0.05) is 15.9 Å². The largest absolute Gasteiger partial charge is 0.497 e. The van der Waals surface area contributed by atoms with Gasteiger partial charge in [0.15, 0.2) is 0 Å². The molecule has 0 aliphatic carbocycles. The Labute approximate surface area is 168 Å². The maximum absolute atomic E-state index is 5.38. The van der Waals surface area contributed by atoms with Gasteiger partial charge in [-0.2, -0.15) is 0 Å². The molecule has 3 nitrogen and oxygen atoms in total. The zero-order chi connectivity index (χ0) is 18.4. The van der Waals surface area contributed by atoms with Crippen molar-refractivity contribution in [2.75, 3.05) is 46.9 Å². The molecule has 0 radical (unpaired) electrons. The van der Waals surface area contributed by atoms with Crippen molar-refractivity contribution in [3.63, 3.8) is 0 Å². The number of ether oxygens (including phenoxy) is 1. The minimum Gasteiger partial charge on any atom is -0.497 e. The molecule has 0 aromatic heterocycles.